The van der Waals surface area contributed by atoms with Gasteiger partial charge in [0.2, 0.25) is 21.8 Å². The zero-order valence-electron chi connectivity index (χ0n) is 24.0. The van der Waals surface area contributed by atoms with E-state index in [-0.39, 0.29) is 23.7 Å². The Hall–Kier alpha value is -2.98. The van der Waals surface area contributed by atoms with Gasteiger partial charge in [0.15, 0.2) is 0 Å². The van der Waals surface area contributed by atoms with Gasteiger partial charge in [0, 0.05) is 34.1 Å². The number of methoxy groups -OCH3 is 1. The third kappa shape index (κ3) is 9.01. The van der Waals surface area contributed by atoms with Crippen molar-refractivity contribution in [1.82, 2.24) is 10.2 Å². The summed E-state index contributed by atoms with van der Waals surface area (Å²) in [4.78, 5) is 29.3. The van der Waals surface area contributed by atoms with Crippen LogP contribution in [0.25, 0.3) is 0 Å². The van der Waals surface area contributed by atoms with E-state index in [2.05, 4.69) is 5.32 Å². The van der Waals surface area contributed by atoms with Crippen LogP contribution in [0.4, 0.5) is 5.69 Å². The van der Waals surface area contributed by atoms with Gasteiger partial charge in [-0.25, -0.2) is 8.42 Å². The lowest BCUT2D eigenvalue weighted by atomic mass is 10.0. The monoisotopic (exact) mass is 653 g/mol. The Labute approximate surface area is 262 Å². The summed E-state index contributed by atoms with van der Waals surface area (Å²) in [6, 6.07) is 17.5. The number of sulfonamides is 1. The number of hydrogen-bond donors (Lipinski definition) is 1. The van der Waals surface area contributed by atoms with Crippen molar-refractivity contribution in [3.05, 3.63) is 92.9 Å². The molecule has 0 saturated heterocycles. The van der Waals surface area contributed by atoms with E-state index in [0.29, 0.717) is 21.4 Å². The molecule has 1 N–H and O–H groups in total. The average Bonchev–Trinajstić information content (AvgIpc) is 2.89. The highest BCUT2D eigenvalue weighted by Gasteiger charge is 2.35. The third-order valence-electron chi connectivity index (χ3n) is 6.26. The summed E-state index contributed by atoms with van der Waals surface area (Å²) in [5, 5.41) is 3.74. The fourth-order valence-corrected chi connectivity index (χ4v) is 5.90. The summed E-state index contributed by atoms with van der Waals surface area (Å²) in [6.07, 6.45) is 1.14. The molecule has 226 valence electrons. The van der Waals surface area contributed by atoms with Crippen molar-refractivity contribution in [2.45, 2.75) is 45.3 Å². The fourth-order valence-electron chi connectivity index (χ4n) is 4.28. The maximum Gasteiger partial charge on any atom is 0.244 e. The van der Waals surface area contributed by atoms with Gasteiger partial charge in [-0.05, 0) is 56.7 Å². The van der Waals surface area contributed by atoms with Gasteiger partial charge < -0.3 is 15.0 Å². The molecule has 0 aromatic heterocycles. The molecule has 1 atom stereocenters. The molecular formula is C30H34Cl3N3O5S. The molecule has 0 spiro atoms. The number of halogens is 3. The Morgan fingerprint density at radius 1 is 0.929 bits per heavy atom. The maximum atomic E-state index is 14.2. The molecule has 42 heavy (non-hydrogen) atoms. The third-order valence-corrected chi connectivity index (χ3v) is 8.41. The Balaban J connectivity index is 2.13. The molecule has 3 aromatic carbocycles. The lowest BCUT2D eigenvalue weighted by Crippen LogP contribution is -2.56. The van der Waals surface area contributed by atoms with Crippen LogP contribution in [-0.4, -0.2) is 56.6 Å². The van der Waals surface area contributed by atoms with Gasteiger partial charge in [-0.2, -0.15) is 0 Å². The smallest absolute Gasteiger partial charge is 0.244 e. The highest BCUT2D eigenvalue weighted by molar-refractivity contribution is 7.92. The Bertz CT molecular complexity index is 1510. The van der Waals surface area contributed by atoms with Crippen LogP contribution >= 0.6 is 34.8 Å². The SMILES string of the molecule is COc1ccc(N(CC(=O)N(Cc2c(Cl)cccc2Cl)C(Cc2ccccc2)C(=O)NC(C)(C)C)S(C)(=O)=O)cc1Cl. The van der Waals surface area contributed by atoms with Crippen LogP contribution in [0.3, 0.4) is 0 Å². The zero-order valence-corrected chi connectivity index (χ0v) is 27.1. The number of nitrogens with one attached hydrogen (secondary N) is 1. The van der Waals surface area contributed by atoms with Crippen molar-refractivity contribution in [3.8, 4) is 5.75 Å². The van der Waals surface area contributed by atoms with Gasteiger partial charge in [-0.1, -0.05) is 71.2 Å². The van der Waals surface area contributed by atoms with Gasteiger partial charge in [-0.15, -0.1) is 0 Å². The van der Waals surface area contributed by atoms with Crippen molar-refractivity contribution in [2.75, 3.05) is 24.2 Å². The molecule has 0 fully saturated rings. The largest absolute Gasteiger partial charge is 0.495 e. The van der Waals surface area contributed by atoms with Crippen LogP contribution in [0.5, 0.6) is 5.75 Å². The molecule has 0 aliphatic rings. The van der Waals surface area contributed by atoms with Gasteiger partial charge in [0.25, 0.3) is 0 Å². The van der Waals surface area contributed by atoms with E-state index in [4.69, 9.17) is 39.5 Å². The van der Waals surface area contributed by atoms with Crippen molar-refractivity contribution in [2.24, 2.45) is 0 Å². The van der Waals surface area contributed by atoms with E-state index < -0.39 is 40.0 Å². The minimum Gasteiger partial charge on any atom is -0.495 e. The molecule has 1 unspecified atom stereocenters. The van der Waals surface area contributed by atoms with Gasteiger partial charge in [0.05, 0.1) is 24.1 Å². The van der Waals surface area contributed by atoms with Crippen molar-refractivity contribution >= 4 is 62.3 Å². The molecule has 0 bridgehead atoms. The number of carbonyl (C=O) groups is 2. The van der Waals surface area contributed by atoms with Crippen LogP contribution in [0.2, 0.25) is 15.1 Å². The molecule has 0 radical (unpaired) electrons. The Morgan fingerprint density at radius 3 is 2.07 bits per heavy atom. The fraction of sp³-hybridized carbons (Fsp3) is 0.333. The van der Waals surface area contributed by atoms with Crippen molar-refractivity contribution in [1.29, 1.82) is 0 Å². The standard InChI is InChI=1S/C30H34Cl3N3O5S/c1-30(2,3)34-29(38)26(16-20-10-7-6-8-11-20)35(18-22-23(31)12-9-13-24(22)32)28(37)19-36(42(5,39)40)21-14-15-27(41-4)25(33)17-21/h6-15,17,26H,16,18-19H2,1-5H3,(H,34,38). The molecule has 2 amide bonds. The van der Waals surface area contributed by atoms with Crippen molar-refractivity contribution < 1.29 is 22.7 Å². The summed E-state index contributed by atoms with van der Waals surface area (Å²) in [6.45, 7) is 4.74. The van der Waals surface area contributed by atoms with E-state index in [0.717, 1.165) is 16.1 Å². The number of amides is 2. The summed E-state index contributed by atoms with van der Waals surface area (Å²) >= 11 is 19.3. The Kier molecular flexibility index (Phi) is 11.2. The summed E-state index contributed by atoms with van der Waals surface area (Å²) in [7, 11) is -2.54. The molecule has 0 saturated carbocycles. The predicted molar refractivity (Wildman–Crippen MR) is 169 cm³/mol. The molecular weight excluding hydrogens is 621 g/mol. The normalized spacial score (nSPS) is 12.4. The van der Waals surface area contributed by atoms with E-state index in [9.17, 15) is 18.0 Å². The Morgan fingerprint density at radius 2 is 1.55 bits per heavy atom. The van der Waals surface area contributed by atoms with Gasteiger partial charge in [-0.3, -0.25) is 13.9 Å². The number of benzene rings is 3. The van der Waals surface area contributed by atoms with Crippen LogP contribution < -0.4 is 14.4 Å². The molecule has 0 aliphatic carbocycles. The number of carbonyl (C=O) groups excluding carboxylic acids is 2. The van der Waals surface area contributed by atoms with Gasteiger partial charge >= 0.3 is 0 Å². The number of rotatable bonds is 11. The highest BCUT2D eigenvalue weighted by Crippen LogP contribution is 2.31. The first-order valence-corrected chi connectivity index (χ1v) is 16.0. The summed E-state index contributed by atoms with van der Waals surface area (Å²) in [5.74, 6) is -0.716. The minimum atomic E-state index is -3.97. The van der Waals surface area contributed by atoms with Crippen LogP contribution in [0.1, 0.15) is 31.9 Å². The van der Waals surface area contributed by atoms with E-state index >= 15 is 0 Å². The number of anilines is 1. The second-order valence-electron chi connectivity index (χ2n) is 10.8. The molecule has 0 heterocycles. The minimum absolute atomic E-state index is 0.145. The van der Waals surface area contributed by atoms with E-state index in [1.54, 1.807) is 18.2 Å². The second-order valence-corrected chi connectivity index (χ2v) is 13.9. The first-order chi connectivity index (χ1) is 19.6. The molecule has 3 rings (SSSR count). The van der Waals surface area contributed by atoms with Gasteiger partial charge in [0.1, 0.15) is 18.3 Å². The van der Waals surface area contributed by atoms with Crippen molar-refractivity contribution in [3.63, 3.8) is 0 Å². The lowest BCUT2D eigenvalue weighted by Gasteiger charge is -2.35. The second kappa shape index (κ2) is 14.0. The summed E-state index contributed by atoms with van der Waals surface area (Å²) < 4.78 is 32.0. The molecule has 8 nitrogen and oxygen atoms in total. The van der Waals surface area contributed by atoms with E-state index in [1.807, 2.05) is 51.1 Å². The predicted octanol–water partition coefficient (Wildman–Crippen LogP) is 5.98. The van der Waals surface area contributed by atoms with Crippen LogP contribution in [-0.2, 0) is 32.6 Å². The average molecular weight is 655 g/mol. The summed E-state index contributed by atoms with van der Waals surface area (Å²) in [5.41, 5.74) is 0.776. The number of ether oxygens (including phenoxy) is 1. The van der Waals surface area contributed by atoms with E-state index in [1.165, 1.54) is 30.2 Å². The van der Waals surface area contributed by atoms with Crippen LogP contribution in [0.15, 0.2) is 66.7 Å². The molecule has 12 heteroatoms. The quantitative estimate of drug-likeness (QED) is 0.275. The first kappa shape index (κ1) is 33.5. The maximum absolute atomic E-state index is 14.2. The number of hydrogen-bond acceptors (Lipinski definition) is 5. The lowest BCUT2D eigenvalue weighted by molar-refractivity contribution is -0.140. The first-order valence-electron chi connectivity index (χ1n) is 13.0. The van der Waals surface area contributed by atoms with Crippen LogP contribution in [0, 0.1) is 0 Å². The zero-order chi connectivity index (χ0) is 31.2. The molecule has 0 aliphatic heterocycles. The topological polar surface area (TPSA) is 96.0 Å². The number of nitrogens with zero attached hydrogens (tertiary/aromatic N) is 2. The molecule has 3 aromatic rings. The highest BCUT2D eigenvalue weighted by atomic mass is 35.5.